The molecule has 2 atom stereocenters. The highest BCUT2D eigenvalue weighted by Crippen LogP contribution is 2.27. The zero-order chi connectivity index (χ0) is 15.7. The van der Waals surface area contributed by atoms with Crippen LogP contribution in [0.15, 0.2) is 12.1 Å². The van der Waals surface area contributed by atoms with Gasteiger partial charge in [-0.3, -0.25) is 4.79 Å². The molecule has 1 amide bonds. The summed E-state index contributed by atoms with van der Waals surface area (Å²) in [7, 11) is 0. The number of hydrogen-bond acceptors (Lipinski definition) is 2. The molecular weight excluding hydrogens is 287 g/mol. The van der Waals surface area contributed by atoms with Crippen LogP contribution in [0.3, 0.4) is 0 Å². The molecule has 1 aliphatic rings. The highest BCUT2D eigenvalue weighted by molar-refractivity contribution is 5.97. The minimum absolute atomic E-state index is 0.0936. The molecule has 1 fully saturated rings. The Labute approximate surface area is 119 Å². The van der Waals surface area contributed by atoms with Gasteiger partial charge in [0.2, 0.25) is 0 Å². The van der Waals surface area contributed by atoms with Crippen LogP contribution in [0, 0.1) is 23.4 Å². The first kappa shape index (κ1) is 15.3. The van der Waals surface area contributed by atoms with Crippen LogP contribution in [-0.4, -0.2) is 34.5 Å². The lowest BCUT2D eigenvalue weighted by Crippen LogP contribution is -2.52. The van der Waals surface area contributed by atoms with Crippen LogP contribution < -0.4 is 0 Å². The van der Waals surface area contributed by atoms with E-state index in [1.807, 2.05) is 0 Å². The van der Waals surface area contributed by atoms with Crippen LogP contribution in [0.1, 0.15) is 30.1 Å². The molecule has 0 radical (unpaired) electrons. The maximum absolute atomic E-state index is 13.7. The number of carbonyl (C=O) groups is 2. The van der Waals surface area contributed by atoms with E-state index in [2.05, 4.69) is 0 Å². The average Bonchev–Trinajstić information content (AvgIpc) is 2.36. The molecule has 1 aromatic carbocycles. The lowest BCUT2D eigenvalue weighted by molar-refractivity contribution is -0.145. The quantitative estimate of drug-likeness (QED) is 0.912. The zero-order valence-electron chi connectivity index (χ0n) is 11.3. The van der Waals surface area contributed by atoms with Crippen molar-refractivity contribution in [2.45, 2.75) is 25.8 Å². The van der Waals surface area contributed by atoms with Crippen LogP contribution in [0.5, 0.6) is 0 Å². The van der Waals surface area contributed by atoms with Gasteiger partial charge in [0.1, 0.15) is 29.1 Å². The van der Waals surface area contributed by atoms with Gasteiger partial charge in [0.05, 0.1) is 0 Å². The van der Waals surface area contributed by atoms with E-state index in [0.29, 0.717) is 25.0 Å². The molecule has 1 saturated heterocycles. The number of benzene rings is 1. The van der Waals surface area contributed by atoms with Crippen molar-refractivity contribution in [1.29, 1.82) is 0 Å². The molecule has 0 bridgehead atoms. The molecule has 7 heteroatoms. The summed E-state index contributed by atoms with van der Waals surface area (Å²) in [5.41, 5.74) is -0.920. The van der Waals surface area contributed by atoms with Crippen molar-refractivity contribution in [3.63, 3.8) is 0 Å². The molecule has 1 aromatic rings. The summed E-state index contributed by atoms with van der Waals surface area (Å²) in [6.45, 7) is 1.76. The molecule has 0 aromatic heterocycles. The summed E-state index contributed by atoms with van der Waals surface area (Å²) in [5.74, 6) is -6.42. The fourth-order valence-electron chi connectivity index (χ4n) is 2.68. The van der Waals surface area contributed by atoms with Crippen molar-refractivity contribution < 1.29 is 27.9 Å². The second-order valence-electron chi connectivity index (χ2n) is 5.15. The number of rotatable bonds is 2. The van der Waals surface area contributed by atoms with Gasteiger partial charge in [-0.15, -0.1) is 0 Å². The van der Waals surface area contributed by atoms with E-state index >= 15 is 0 Å². The molecular formula is C14H14F3NO3. The number of piperidine rings is 1. The molecule has 0 spiro atoms. The second-order valence-corrected chi connectivity index (χ2v) is 5.15. The fraction of sp³-hybridized carbons (Fsp3) is 0.429. The van der Waals surface area contributed by atoms with E-state index < -0.39 is 40.9 Å². The van der Waals surface area contributed by atoms with Crippen LogP contribution in [0.25, 0.3) is 0 Å². The third-order valence-electron chi connectivity index (χ3n) is 3.67. The van der Waals surface area contributed by atoms with Gasteiger partial charge in [0, 0.05) is 18.7 Å². The molecule has 1 heterocycles. The third kappa shape index (κ3) is 2.86. The number of halogens is 3. The lowest BCUT2D eigenvalue weighted by Gasteiger charge is -2.37. The minimum atomic E-state index is -1.33. The maximum atomic E-state index is 13.7. The Morgan fingerprint density at radius 2 is 1.81 bits per heavy atom. The number of aliphatic carboxylic acids is 1. The van der Waals surface area contributed by atoms with Gasteiger partial charge >= 0.3 is 5.97 Å². The van der Waals surface area contributed by atoms with Gasteiger partial charge in [0.15, 0.2) is 0 Å². The molecule has 1 N–H and O–H groups in total. The maximum Gasteiger partial charge on any atom is 0.326 e. The zero-order valence-corrected chi connectivity index (χ0v) is 11.3. The van der Waals surface area contributed by atoms with Gasteiger partial charge in [-0.05, 0) is 18.8 Å². The topological polar surface area (TPSA) is 57.6 Å². The molecule has 1 aliphatic heterocycles. The molecule has 0 saturated carbocycles. The van der Waals surface area contributed by atoms with E-state index in [0.717, 1.165) is 4.90 Å². The van der Waals surface area contributed by atoms with Gasteiger partial charge in [-0.25, -0.2) is 18.0 Å². The number of amides is 1. The standard InChI is InChI=1S/C14H14F3NO3/c1-7-3-2-4-18(12(7)14(20)21)13(19)11-9(16)5-8(15)6-10(11)17/h5-7,12H,2-4H2,1H3,(H,20,21). The van der Waals surface area contributed by atoms with E-state index in [4.69, 9.17) is 0 Å². The van der Waals surface area contributed by atoms with E-state index in [1.165, 1.54) is 0 Å². The normalized spacial score (nSPS) is 22.2. The molecule has 2 unspecified atom stereocenters. The Morgan fingerprint density at radius 3 is 2.33 bits per heavy atom. The summed E-state index contributed by atoms with van der Waals surface area (Å²) in [5, 5.41) is 9.22. The highest BCUT2D eigenvalue weighted by Gasteiger charge is 2.39. The van der Waals surface area contributed by atoms with Gasteiger partial charge in [-0.1, -0.05) is 6.92 Å². The third-order valence-corrected chi connectivity index (χ3v) is 3.67. The van der Waals surface area contributed by atoms with Crippen LogP contribution in [-0.2, 0) is 4.79 Å². The number of hydrogen-bond donors (Lipinski definition) is 1. The average molecular weight is 301 g/mol. The first-order chi connectivity index (χ1) is 9.82. The van der Waals surface area contributed by atoms with Crippen LogP contribution in [0.4, 0.5) is 13.2 Å². The highest BCUT2D eigenvalue weighted by atomic mass is 19.1. The largest absolute Gasteiger partial charge is 0.480 e. The van der Waals surface area contributed by atoms with E-state index in [1.54, 1.807) is 6.92 Å². The van der Waals surface area contributed by atoms with Crippen molar-refractivity contribution in [1.82, 2.24) is 4.90 Å². The van der Waals surface area contributed by atoms with Crippen molar-refractivity contribution in [3.05, 3.63) is 35.1 Å². The molecule has 0 aliphatic carbocycles. The SMILES string of the molecule is CC1CCCN(C(=O)c2c(F)cc(F)cc2F)C1C(=O)O. The first-order valence-corrected chi connectivity index (χ1v) is 6.51. The summed E-state index contributed by atoms with van der Waals surface area (Å²) in [6, 6.07) is -0.339. The Morgan fingerprint density at radius 1 is 1.24 bits per heavy atom. The smallest absolute Gasteiger partial charge is 0.326 e. The van der Waals surface area contributed by atoms with Crippen molar-refractivity contribution in [2.24, 2.45) is 5.92 Å². The Hall–Kier alpha value is -2.05. The van der Waals surface area contributed by atoms with E-state index in [-0.39, 0.29) is 12.5 Å². The summed E-state index contributed by atoms with van der Waals surface area (Å²) in [6.07, 6.45) is 1.15. The first-order valence-electron chi connectivity index (χ1n) is 6.51. The van der Waals surface area contributed by atoms with Crippen molar-refractivity contribution >= 4 is 11.9 Å². The lowest BCUT2D eigenvalue weighted by atomic mass is 9.90. The number of carboxylic acid groups (broad SMARTS) is 1. The fourth-order valence-corrected chi connectivity index (χ4v) is 2.68. The molecule has 4 nitrogen and oxygen atoms in total. The Kier molecular flexibility index (Phi) is 4.20. The van der Waals surface area contributed by atoms with Gasteiger partial charge < -0.3 is 10.0 Å². The number of carboxylic acids is 1. The predicted molar refractivity (Wildman–Crippen MR) is 67.2 cm³/mol. The second kappa shape index (κ2) is 5.75. The van der Waals surface area contributed by atoms with Crippen LogP contribution in [0.2, 0.25) is 0 Å². The van der Waals surface area contributed by atoms with Gasteiger partial charge in [0.25, 0.3) is 5.91 Å². The molecule has 21 heavy (non-hydrogen) atoms. The van der Waals surface area contributed by atoms with E-state index in [9.17, 15) is 27.9 Å². The number of carbonyl (C=O) groups excluding carboxylic acids is 1. The Balaban J connectivity index is 2.41. The summed E-state index contributed by atoms with van der Waals surface area (Å²) in [4.78, 5) is 24.5. The van der Waals surface area contributed by atoms with Crippen LogP contribution >= 0.6 is 0 Å². The van der Waals surface area contributed by atoms with Gasteiger partial charge in [-0.2, -0.15) is 0 Å². The number of likely N-dealkylation sites (tertiary alicyclic amines) is 1. The summed E-state index contributed by atoms with van der Waals surface area (Å²) >= 11 is 0. The molecule has 2 rings (SSSR count). The summed E-state index contributed by atoms with van der Waals surface area (Å²) < 4.78 is 40.2. The number of nitrogens with zero attached hydrogens (tertiary/aromatic N) is 1. The predicted octanol–water partition coefficient (Wildman–Crippen LogP) is 2.43. The minimum Gasteiger partial charge on any atom is -0.480 e. The monoisotopic (exact) mass is 301 g/mol. The van der Waals surface area contributed by atoms with Crippen molar-refractivity contribution in [2.75, 3.05) is 6.54 Å². The van der Waals surface area contributed by atoms with Crippen molar-refractivity contribution in [3.8, 4) is 0 Å². The Bertz CT molecular complexity index is 568. The molecule has 114 valence electrons.